The van der Waals surface area contributed by atoms with E-state index in [0.717, 1.165) is 12.0 Å². The summed E-state index contributed by atoms with van der Waals surface area (Å²) in [4.78, 5) is 27.6. The highest BCUT2D eigenvalue weighted by atomic mass is 35.5. The topological polar surface area (TPSA) is 93.7 Å². The smallest absolute Gasteiger partial charge is 0.257 e. The maximum Gasteiger partial charge on any atom is 0.257 e. The molecule has 3 aromatic rings. The van der Waals surface area contributed by atoms with Gasteiger partial charge in [-0.25, -0.2) is 0 Å². The molecule has 3 rings (SSSR count). The summed E-state index contributed by atoms with van der Waals surface area (Å²) in [5.41, 5.74) is 1.28. The molecule has 2 aromatic carbocycles. The van der Waals surface area contributed by atoms with Crippen LogP contribution in [0.2, 0.25) is 5.02 Å². The Labute approximate surface area is 207 Å². The highest BCUT2D eigenvalue weighted by molar-refractivity contribution is 7.18. The highest BCUT2D eigenvalue weighted by Gasteiger charge is 2.24. The molecule has 2 amide bonds. The van der Waals surface area contributed by atoms with E-state index in [2.05, 4.69) is 15.5 Å². The van der Waals surface area contributed by atoms with Crippen LogP contribution in [0.15, 0.2) is 42.5 Å². The fourth-order valence-corrected chi connectivity index (χ4v) is 4.15. The number of carbonyl (C=O) groups is 2. The minimum Gasteiger partial charge on any atom is -0.497 e. The van der Waals surface area contributed by atoms with Gasteiger partial charge >= 0.3 is 0 Å². The molecule has 1 aromatic heterocycles. The molecule has 0 fully saturated rings. The van der Waals surface area contributed by atoms with E-state index < -0.39 is 0 Å². The molecule has 0 aliphatic carbocycles. The number of hydrogen-bond acceptors (Lipinski definition) is 7. The molecule has 0 saturated carbocycles. The number of ether oxygens (including phenoxy) is 2. The standard InChI is InChI=1S/C24H27ClN4O4S/c1-5-15(2)29(23(31)19-11-10-18(32-3)14-20(19)33-4)13-12-21(30)26-24-28-27-22(34-24)16-6-8-17(25)9-7-16/h6-11,14-15H,5,12-13H2,1-4H3,(H,26,28,30). The summed E-state index contributed by atoms with van der Waals surface area (Å²) in [7, 11) is 3.06. The highest BCUT2D eigenvalue weighted by Crippen LogP contribution is 2.28. The van der Waals surface area contributed by atoms with Crippen LogP contribution in [-0.2, 0) is 4.79 Å². The number of nitrogens with zero attached hydrogens (tertiary/aromatic N) is 3. The van der Waals surface area contributed by atoms with Crippen molar-refractivity contribution in [3.8, 4) is 22.1 Å². The number of anilines is 1. The third-order valence-electron chi connectivity index (χ3n) is 5.37. The normalized spacial score (nSPS) is 11.6. The molecular weight excluding hydrogens is 476 g/mol. The third kappa shape index (κ3) is 6.24. The SMILES string of the molecule is CCC(C)N(CCC(=O)Nc1nnc(-c2ccc(Cl)cc2)s1)C(=O)c1ccc(OC)cc1OC. The summed E-state index contributed by atoms with van der Waals surface area (Å²) in [5, 5.41) is 12.7. The number of amides is 2. The van der Waals surface area contributed by atoms with Crippen LogP contribution in [0.5, 0.6) is 11.5 Å². The lowest BCUT2D eigenvalue weighted by Gasteiger charge is -2.29. The fourth-order valence-electron chi connectivity index (χ4n) is 3.26. The molecule has 1 atom stereocenters. The van der Waals surface area contributed by atoms with E-state index in [-0.39, 0.29) is 30.8 Å². The summed E-state index contributed by atoms with van der Waals surface area (Å²) >= 11 is 7.20. The van der Waals surface area contributed by atoms with Gasteiger partial charge in [0.1, 0.15) is 16.5 Å². The van der Waals surface area contributed by atoms with Crippen molar-refractivity contribution in [2.24, 2.45) is 0 Å². The molecular formula is C24H27ClN4O4S. The predicted molar refractivity (Wildman–Crippen MR) is 134 cm³/mol. The second-order valence-corrected chi connectivity index (χ2v) is 8.95. The van der Waals surface area contributed by atoms with E-state index in [9.17, 15) is 9.59 Å². The van der Waals surface area contributed by atoms with Crippen molar-refractivity contribution in [2.45, 2.75) is 32.7 Å². The van der Waals surface area contributed by atoms with Crippen molar-refractivity contribution >= 4 is 39.9 Å². The molecule has 1 N–H and O–H groups in total. The summed E-state index contributed by atoms with van der Waals surface area (Å²) in [6, 6.07) is 12.2. The van der Waals surface area contributed by atoms with Crippen molar-refractivity contribution in [1.82, 2.24) is 15.1 Å². The average molecular weight is 503 g/mol. The van der Waals surface area contributed by atoms with Gasteiger partial charge in [-0.05, 0) is 37.6 Å². The van der Waals surface area contributed by atoms with Crippen LogP contribution >= 0.6 is 22.9 Å². The van der Waals surface area contributed by atoms with Crippen molar-refractivity contribution in [3.05, 3.63) is 53.1 Å². The number of nitrogens with one attached hydrogen (secondary N) is 1. The van der Waals surface area contributed by atoms with Gasteiger partial charge in [0.25, 0.3) is 5.91 Å². The van der Waals surface area contributed by atoms with E-state index in [1.807, 2.05) is 26.0 Å². The Morgan fingerprint density at radius 2 is 1.85 bits per heavy atom. The number of benzene rings is 2. The predicted octanol–water partition coefficient (Wildman–Crippen LogP) is 5.15. The van der Waals surface area contributed by atoms with Gasteiger partial charge in [-0.1, -0.05) is 42.0 Å². The van der Waals surface area contributed by atoms with Gasteiger partial charge in [0.15, 0.2) is 0 Å². The van der Waals surface area contributed by atoms with Gasteiger partial charge in [0.05, 0.1) is 19.8 Å². The van der Waals surface area contributed by atoms with Gasteiger partial charge in [0, 0.05) is 35.7 Å². The Morgan fingerprint density at radius 3 is 2.50 bits per heavy atom. The second-order valence-electron chi connectivity index (χ2n) is 7.54. The molecule has 180 valence electrons. The Balaban J connectivity index is 1.67. The van der Waals surface area contributed by atoms with Gasteiger partial charge in [0.2, 0.25) is 11.0 Å². The van der Waals surface area contributed by atoms with E-state index in [1.54, 1.807) is 42.3 Å². The van der Waals surface area contributed by atoms with Crippen LogP contribution < -0.4 is 14.8 Å². The van der Waals surface area contributed by atoms with E-state index in [1.165, 1.54) is 18.4 Å². The zero-order valence-electron chi connectivity index (χ0n) is 19.5. The lowest BCUT2D eigenvalue weighted by molar-refractivity contribution is -0.116. The van der Waals surface area contributed by atoms with Crippen LogP contribution in [0.1, 0.15) is 37.0 Å². The second kappa shape index (κ2) is 11.8. The van der Waals surface area contributed by atoms with Gasteiger partial charge in [-0.3, -0.25) is 9.59 Å². The maximum absolute atomic E-state index is 13.3. The van der Waals surface area contributed by atoms with E-state index >= 15 is 0 Å². The molecule has 0 saturated heterocycles. The van der Waals surface area contributed by atoms with Gasteiger partial charge in [-0.15, -0.1) is 10.2 Å². The molecule has 1 heterocycles. The lowest BCUT2D eigenvalue weighted by atomic mass is 10.1. The van der Waals surface area contributed by atoms with Gasteiger partial charge < -0.3 is 19.7 Å². The van der Waals surface area contributed by atoms with Crippen LogP contribution in [0.25, 0.3) is 10.6 Å². The summed E-state index contributed by atoms with van der Waals surface area (Å²) in [6.07, 6.45) is 0.858. The summed E-state index contributed by atoms with van der Waals surface area (Å²) in [6.45, 7) is 4.20. The van der Waals surface area contributed by atoms with E-state index in [4.69, 9.17) is 21.1 Å². The maximum atomic E-state index is 13.3. The third-order valence-corrected chi connectivity index (χ3v) is 6.50. The number of halogens is 1. The summed E-state index contributed by atoms with van der Waals surface area (Å²) < 4.78 is 10.6. The minimum absolute atomic E-state index is 0.0647. The van der Waals surface area contributed by atoms with Crippen LogP contribution in [0.4, 0.5) is 5.13 Å². The molecule has 0 aliphatic rings. The van der Waals surface area contributed by atoms with Crippen molar-refractivity contribution in [2.75, 3.05) is 26.1 Å². The summed E-state index contributed by atoms with van der Waals surface area (Å²) in [5.74, 6) is 0.563. The van der Waals surface area contributed by atoms with E-state index in [0.29, 0.717) is 32.2 Å². The first kappa shape index (κ1) is 25.5. The number of aromatic nitrogens is 2. The Kier molecular flexibility index (Phi) is 8.84. The Bertz CT molecular complexity index is 1140. The van der Waals surface area contributed by atoms with Crippen LogP contribution in [0, 0.1) is 0 Å². The molecule has 34 heavy (non-hydrogen) atoms. The Hall–Kier alpha value is -3.17. The van der Waals surface area contributed by atoms with Crippen molar-refractivity contribution in [3.63, 3.8) is 0 Å². The number of methoxy groups -OCH3 is 2. The monoisotopic (exact) mass is 502 g/mol. The lowest BCUT2D eigenvalue weighted by Crippen LogP contribution is -2.40. The van der Waals surface area contributed by atoms with Crippen molar-refractivity contribution < 1.29 is 19.1 Å². The zero-order chi connectivity index (χ0) is 24.7. The number of carbonyl (C=O) groups excluding carboxylic acids is 2. The first-order valence-corrected chi connectivity index (χ1v) is 12.0. The molecule has 0 bridgehead atoms. The van der Waals surface area contributed by atoms with Crippen LogP contribution in [0.3, 0.4) is 0 Å². The zero-order valence-corrected chi connectivity index (χ0v) is 21.1. The number of hydrogen-bond donors (Lipinski definition) is 1. The van der Waals surface area contributed by atoms with Gasteiger partial charge in [-0.2, -0.15) is 0 Å². The molecule has 1 unspecified atom stereocenters. The molecule has 10 heteroatoms. The molecule has 8 nitrogen and oxygen atoms in total. The minimum atomic E-state index is -0.249. The molecule has 0 aliphatic heterocycles. The number of rotatable bonds is 10. The largest absolute Gasteiger partial charge is 0.497 e. The average Bonchev–Trinajstić information content (AvgIpc) is 3.31. The van der Waals surface area contributed by atoms with Crippen LogP contribution in [-0.4, -0.2) is 53.7 Å². The molecule has 0 spiro atoms. The molecule has 0 radical (unpaired) electrons. The van der Waals surface area contributed by atoms with Crippen molar-refractivity contribution in [1.29, 1.82) is 0 Å². The first-order chi connectivity index (χ1) is 16.4. The first-order valence-electron chi connectivity index (χ1n) is 10.8. The Morgan fingerprint density at radius 1 is 1.12 bits per heavy atom. The fraction of sp³-hybridized carbons (Fsp3) is 0.333. The quantitative estimate of drug-likeness (QED) is 0.412.